The molecule has 0 aliphatic carbocycles. The van der Waals surface area contributed by atoms with Crippen LogP contribution in [0.4, 0.5) is 11.4 Å². The van der Waals surface area contributed by atoms with Crippen molar-refractivity contribution in [1.82, 2.24) is 0 Å². The summed E-state index contributed by atoms with van der Waals surface area (Å²) in [5, 5.41) is 13.3. The summed E-state index contributed by atoms with van der Waals surface area (Å²) in [6, 6.07) is 27.1. The summed E-state index contributed by atoms with van der Waals surface area (Å²) < 4.78 is 0. The largest absolute Gasteiger partial charge is 0.308 e. The van der Waals surface area contributed by atoms with E-state index in [1.54, 1.807) is 12.1 Å². The average Bonchev–Trinajstić information content (AvgIpc) is 2.81. The topological polar surface area (TPSA) is 63.5 Å². The van der Waals surface area contributed by atoms with Crippen LogP contribution in [-0.2, 0) is 11.3 Å². The maximum atomic E-state index is 13.3. The zero-order chi connectivity index (χ0) is 22.2. The molecule has 5 rings (SSSR count). The van der Waals surface area contributed by atoms with Crippen molar-refractivity contribution in [1.29, 1.82) is 0 Å². The van der Waals surface area contributed by atoms with E-state index >= 15 is 0 Å². The fourth-order valence-electron chi connectivity index (χ4n) is 4.57. The second-order valence-corrected chi connectivity index (χ2v) is 8.29. The number of amides is 1. The van der Waals surface area contributed by atoms with Gasteiger partial charge in [0.25, 0.3) is 5.69 Å². The molecule has 1 aliphatic rings. The van der Waals surface area contributed by atoms with Crippen LogP contribution < -0.4 is 4.90 Å². The molecule has 0 saturated carbocycles. The highest BCUT2D eigenvalue weighted by Gasteiger charge is 2.33. The number of nitro benzene ring substituents is 1. The first kappa shape index (κ1) is 19.9. The molecule has 1 unspecified atom stereocenters. The van der Waals surface area contributed by atoms with Gasteiger partial charge in [-0.1, -0.05) is 72.3 Å². The molecule has 1 atom stereocenters. The summed E-state index contributed by atoms with van der Waals surface area (Å²) >= 11 is 0. The molecule has 0 spiro atoms. The molecule has 32 heavy (non-hydrogen) atoms. The number of nitrogens with zero attached hydrogens (tertiary/aromatic N) is 2. The molecule has 158 valence electrons. The van der Waals surface area contributed by atoms with Crippen molar-refractivity contribution >= 4 is 28.1 Å². The standard InChI is InChI=1S/C27H22N2O3/c1-18-6-8-19(9-7-18)17-28-25-15-12-20-4-2-3-5-23(20)27(25)24(16-26(28)30)21-10-13-22(14-11-21)29(31)32/h2-15,24H,16-17H2,1H3. The van der Waals surface area contributed by atoms with E-state index in [0.717, 1.165) is 33.2 Å². The monoisotopic (exact) mass is 422 g/mol. The first-order valence-corrected chi connectivity index (χ1v) is 10.6. The van der Waals surface area contributed by atoms with Crippen molar-refractivity contribution in [3.05, 3.63) is 117 Å². The van der Waals surface area contributed by atoms with Crippen LogP contribution >= 0.6 is 0 Å². The van der Waals surface area contributed by atoms with Crippen LogP contribution in [0.1, 0.15) is 34.6 Å². The zero-order valence-corrected chi connectivity index (χ0v) is 17.7. The molecule has 4 aromatic rings. The van der Waals surface area contributed by atoms with E-state index in [2.05, 4.69) is 42.5 Å². The Morgan fingerprint density at radius 3 is 2.38 bits per heavy atom. The summed E-state index contributed by atoms with van der Waals surface area (Å²) in [5.41, 5.74) is 5.24. The molecule has 5 heteroatoms. The summed E-state index contributed by atoms with van der Waals surface area (Å²) in [5.74, 6) is -0.101. The summed E-state index contributed by atoms with van der Waals surface area (Å²) in [6.07, 6.45) is 0.324. The first-order valence-electron chi connectivity index (χ1n) is 10.6. The Morgan fingerprint density at radius 2 is 1.66 bits per heavy atom. The third-order valence-corrected chi connectivity index (χ3v) is 6.23. The van der Waals surface area contributed by atoms with Gasteiger partial charge in [0.15, 0.2) is 0 Å². The molecular formula is C27H22N2O3. The average molecular weight is 422 g/mol. The predicted molar refractivity (Wildman–Crippen MR) is 126 cm³/mol. The van der Waals surface area contributed by atoms with Crippen LogP contribution in [0.15, 0.2) is 84.9 Å². The van der Waals surface area contributed by atoms with Crippen LogP contribution in [0, 0.1) is 17.0 Å². The van der Waals surface area contributed by atoms with Gasteiger partial charge in [0.05, 0.1) is 11.5 Å². The van der Waals surface area contributed by atoms with Crippen LogP contribution in [-0.4, -0.2) is 10.8 Å². The Morgan fingerprint density at radius 1 is 0.938 bits per heavy atom. The number of carbonyl (C=O) groups excluding carboxylic acids is 1. The fraction of sp³-hybridized carbons (Fsp3) is 0.148. The number of fused-ring (bicyclic) bond motifs is 3. The van der Waals surface area contributed by atoms with Crippen LogP contribution in [0.5, 0.6) is 0 Å². The van der Waals surface area contributed by atoms with E-state index in [-0.39, 0.29) is 17.5 Å². The number of aryl methyl sites for hydroxylation is 1. The third kappa shape index (κ3) is 3.52. The van der Waals surface area contributed by atoms with Gasteiger partial charge in [-0.05, 0) is 40.5 Å². The molecule has 0 aromatic heterocycles. The first-order chi connectivity index (χ1) is 15.5. The molecule has 0 N–H and O–H groups in total. The molecule has 0 saturated heterocycles. The molecule has 0 radical (unpaired) electrons. The van der Waals surface area contributed by atoms with Gasteiger partial charge in [-0.15, -0.1) is 0 Å². The minimum Gasteiger partial charge on any atom is -0.308 e. The molecular weight excluding hydrogens is 400 g/mol. The van der Waals surface area contributed by atoms with Gasteiger partial charge in [0.2, 0.25) is 5.91 Å². The smallest absolute Gasteiger partial charge is 0.269 e. The summed E-state index contributed by atoms with van der Waals surface area (Å²) in [7, 11) is 0. The normalized spacial score (nSPS) is 15.6. The Bertz CT molecular complexity index is 1330. The Hall–Kier alpha value is -3.99. The van der Waals surface area contributed by atoms with Gasteiger partial charge in [-0.3, -0.25) is 14.9 Å². The number of rotatable bonds is 4. The number of hydrogen-bond donors (Lipinski definition) is 0. The summed E-state index contributed by atoms with van der Waals surface area (Å²) in [6.45, 7) is 2.56. The maximum Gasteiger partial charge on any atom is 0.269 e. The highest BCUT2D eigenvalue weighted by Crippen LogP contribution is 2.44. The predicted octanol–water partition coefficient (Wildman–Crippen LogP) is 6.13. The SMILES string of the molecule is Cc1ccc(CN2C(=O)CC(c3ccc([N+](=O)[O-])cc3)c3c2ccc2ccccc32)cc1. The van der Waals surface area contributed by atoms with Crippen LogP contribution in [0.3, 0.4) is 0 Å². The number of non-ortho nitro benzene ring substituents is 1. The number of nitro groups is 1. The van der Waals surface area contributed by atoms with Crippen molar-refractivity contribution in [2.45, 2.75) is 25.8 Å². The number of hydrogen-bond acceptors (Lipinski definition) is 3. The van der Waals surface area contributed by atoms with Crippen molar-refractivity contribution in [3.8, 4) is 0 Å². The van der Waals surface area contributed by atoms with Gasteiger partial charge < -0.3 is 4.90 Å². The molecule has 1 heterocycles. The van der Waals surface area contributed by atoms with Crippen molar-refractivity contribution in [2.75, 3.05) is 4.90 Å². The van der Waals surface area contributed by atoms with Gasteiger partial charge in [-0.2, -0.15) is 0 Å². The molecule has 0 fully saturated rings. The third-order valence-electron chi connectivity index (χ3n) is 6.23. The minimum atomic E-state index is -0.400. The molecule has 1 amide bonds. The highest BCUT2D eigenvalue weighted by atomic mass is 16.6. The molecule has 4 aromatic carbocycles. The molecule has 5 nitrogen and oxygen atoms in total. The van der Waals surface area contributed by atoms with Crippen LogP contribution in [0.2, 0.25) is 0 Å². The maximum absolute atomic E-state index is 13.3. The second-order valence-electron chi connectivity index (χ2n) is 8.29. The van der Waals surface area contributed by atoms with Crippen molar-refractivity contribution in [3.63, 3.8) is 0 Å². The summed E-state index contributed by atoms with van der Waals surface area (Å²) in [4.78, 5) is 25.9. The fourth-order valence-corrected chi connectivity index (χ4v) is 4.57. The Kier molecular flexibility index (Phi) is 4.94. The van der Waals surface area contributed by atoms with E-state index < -0.39 is 4.92 Å². The zero-order valence-electron chi connectivity index (χ0n) is 17.7. The van der Waals surface area contributed by atoms with E-state index in [0.29, 0.717) is 13.0 Å². The van der Waals surface area contributed by atoms with Crippen LogP contribution in [0.25, 0.3) is 10.8 Å². The van der Waals surface area contributed by atoms with Crippen molar-refractivity contribution in [2.24, 2.45) is 0 Å². The molecule has 1 aliphatic heterocycles. The number of carbonyl (C=O) groups is 1. The Labute approximate surface area is 186 Å². The second kappa shape index (κ2) is 7.93. The lowest BCUT2D eigenvalue weighted by atomic mass is 9.81. The van der Waals surface area contributed by atoms with Gasteiger partial charge >= 0.3 is 0 Å². The van der Waals surface area contributed by atoms with E-state index in [1.807, 2.05) is 30.0 Å². The van der Waals surface area contributed by atoms with Gasteiger partial charge in [-0.25, -0.2) is 0 Å². The quantitative estimate of drug-likeness (QED) is 0.294. The number of benzene rings is 4. The van der Waals surface area contributed by atoms with E-state index in [9.17, 15) is 14.9 Å². The minimum absolute atomic E-state index is 0.0510. The lowest BCUT2D eigenvalue weighted by Crippen LogP contribution is -2.36. The van der Waals surface area contributed by atoms with Gasteiger partial charge in [0.1, 0.15) is 0 Å². The number of anilines is 1. The highest BCUT2D eigenvalue weighted by molar-refractivity contribution is 6.03. The lowest BCUT2D eigenvalue weighted by Gasteiger charge is -2.35. The van der Waals surface area contributed by atoms with E-state index in [4.69, 9.17) is 0 Å². The van der Waals surface area contributed by atoms with E-state index in [1.165, 1.54) is 17.7 Å². The molecule has 0 bridgehead atoms. The van der Waals surface area contributed by atoms with Crippen molar-refractivity contribution < 1.29 is 9.72 Å². The van der Waals surface area contributed by atoms with Gasteiger partial charge in [0, 0.05) is 30.2 Å². The lowest BCUT2D eigenvalue weighted by molar-refractivity contribution is -0.384. The Balaban J connectivity index is 1.64.